The van der Waals surface area contributed by atoms with Gasteiger partial charge >= 0.3 is 0 Å². The van der Waals surface area contributed by atoms with Gasteiger partial charge in [-0.3, -0.25) is 4.40 Å². The smallest absolute Gasteiger partial charge is 0.140 e. The second kappa shape index (κ2) is 5.68. The first kappa shape index (κ1) is 16.1. The minimum Gasteiger partial charge on any atom is -0.364 e. The van der Waals surface area contributed by atoms with Gasteiger partial charge in [-0.25, -0.2) is 4.98 Å². The van der Waals surface area contributed by atoms with E-state index in [0.29, 0.717) is 0 Å². The lowest BCUT2D eigenvalue weighted by Crippen LogP contribution is -2.36. The van der Waals surface area contributed by atoms with Crippen LogP contribution in [0.1, 0.15) is 41.0 Å². The Morgan fingerprint density at radius 3 is 2.52 bits per heavy atom. The zero-order chi connectivity index (χ0) is 16.7. The van der Waals surface area contributed by atoms with Crippen LogP contribution in [0.3, 0.4) is 0 Å². The fraction of sp³-hybridized carbons (Fsp3) is 0.421. The average Bonchev–Trinajstić information content (AvgIpc) is 3.03. The predicted molar refractivity (Wildman–Crippen MR) is 100 cm³/mol. The van der Waals surface area contributed by atoms with Crippen molar-refractivity contribution in [3.8, 4) is 10.6 Å². The number of fused-ring (bicyclic) bond motifs is 1. The SMILES string of the molecule is CC(C)(C)CC(C)(C)Nc1c(-c2cccs2)nc2ccccn12. The summed E-state index contributed by atoms with van der Waals surface area (Å²) in [6.07, 6.45) is 3.15. The van der Waals surface area contributed by atoms with E-state index in [1.807, 2.05) is 6.07 Å². The van der Waals surface area contributed by atoms with Crippen LogP contribution in [0.25, 0.3) is 16.2 Å². The highest BCUT2D eigenvalue weighted by Gasteiger charge is 2.28. The molecule has 0 radical (unpaired) electrons. The van der Waals surface area contributed by atoms with E-state index in [2.05, 4.69) is 80.2 Å². The molecule has 0 aliphatic heterocycles. The lowest BCUT2D eigenvalue weighted by molar-refractivity contribution is 0.302. The first-order valence-corrected chi connectivity index (χ1v) is 8.92. The second-order valence-corrected chi connectivity index (χ2v) is 8.91. The predicted octanol–water partition coefficient (Wildman–Crippen LogP) is 5.69. The summed E-state index contributed by atoms with van der Waals surface area (Å²) in [4.78, 5) is 6.04. The van der Waals surface area contributed by atoms with Crippen LogP contribution in [-0.4, -0.2) is 14.9 Å². The molecule has 3 aromatic rings. The molecular weight excluding hydrogens is 302 g/mol. The molecule has 0 bridgehead atoms. The van der Waals surface area contributed by atoms with Crippen LogP contribution in [0, 0.1) is 5.41 Å². The Bertz CT molecular complexity index is 792. The second-order valence-electron chi connectivity index (χ2n) is 7.96. The van der Waals surface area contributed by atoms with Crippen molar-refractivity contribution in [1.82, 2.24) is 9.38 Å². The summed E-state index contributed by atoms with van der Waals surface area (Å²) in [5, 5.41) is 5.86. The summed E-state index contributed by atoms with van der Waals surface area (Å²) < 4.78 is 2.15. The van der Waals surface area contributed by atoms with Crippen LogP contribution >= 0.6 is 11.3 Å². The Kier molecular flexibility index (Phi) is 3.96. The summed E-state index contributed by atoms with van der Waals surface area (Å²) in [7, 11) is 0. The zero-order valence-corrected chi connectivity index (χ0v) is 15.4. The Labute approximate surface area is 142 Å². The van der Waals surface area contributed by atoms with Crippen molar-refractivity contribution in [1.29, 1.82) is 0 Å². The van der Waals surface area contributed by atoms with Gasteiger partial charge in [-0.1, -0.05) is 32.9 Å². The topological polar surface area (TPSA) is 29.3 Å². The third kappa shape index (κ3) is 3.58. The summed E-state index contributed by atoms with van der Waals surface area (Å²) in [5.41, 5.74) is 2.26. The van der Waals surface area contributed by atoms with E-state index < -0.39 is 0 Å². The maximum Gasteiger partial charge on any atom is 0.140 e. The number of aromatic nitrogens is 2. The monoisotopic (exact) mass is 327 g/mol. The highest BCUT2D eigenvalue weighted by atomic mass is 32.1. The zero-order valence-electron chi connectivity index (χ0n) is 14.6. The molecule has 3 nitrogen and oxygen atoms in total. The lowest BCUT2D eigenvalue weighted by Gasteiger charge is -2.34. The Morgan fingerprint density at radius 1 is 1.09 bits per heavy atom. The molecule has 122 valence electrons. The molecule has 23 heavy (non-hydrogen) atoms. The average molecular weight is 327 g/mol. The third-order valence-electron chi connectivity index (χ3n) is 3.71. The normalized spacial score (nSPS) is 12.7. The molecule has 0 fully saturated rings. The number of pyridine rings is 1. The summed E-state index contributed by atoms with van der Waals surface area (Å²) in [5.74, 6) is 1.08. The van der Waals surface area contributed by atoms with Crippen molar-refractivity contribution in [2.45, 2.75) is 46.6 Å². The van der Waals surface area contributed by atoms with E-state index in [1.165, 1.54) is 4.88 Å². The molecule has 0 spiro atoms. The number of nitrogens with zero attached hydrogens (tertiary/aromatic N) is 2. The molecule has 0 aliphatic rings. The number of rotatable bonds is 4. The maximum absolute atomic E-state index is 4.85. The summed E-state index contributed by atoms with van der Waals surface area (Å²) in [6.45, 7) is 11.4. The van der Waals surface area contributed by atoms with E-state index in [-0.39, 0.29) is 11.0 Å². The number of imidazole rings is 1. The van der Waals surface area contributed by atoms with E-state index >= 15 is 0 Å². The van der Waals surface area contributed by atoms with Gasteiger partial charge in [0.15, 0.2) is 0 Å². The van der Waals surface area contributed by atoms with Crippen molar-refractivity contribution < 1.29 is 0 Å². The van der Waals surface area contributed by atoms with Gasteiger partial charge < -0.3 is 5.32 Å². The molecule has 0 amide bonds. The molecule has 0 aromatic carbocycles. The molecule has 3 rings (SSSR count). The van der Waals surface area contributed by atoms with E-state index in [0.717, 1.165) is 23.6 Å². The largest absolute Gasteiger partial charge is 0.364 e. The highest BCUT2D eigenvalue weighted by Crippen LogP contribution is 2.36. The van der Waals surface area contributed by atoms with Crippen LogP contribution in [0.15, 0.2) is 41.9 Å². The first-order chi connectivity index (χ1) is 10.8. The fourth-order valence-electron chi connectivity index (χ4n) is 3.39. The standard InChI is InChI=1S/C19H25N3S/c1-18(2,3)13-19(4,5)21-17-16(14-9-8-12-23-14)20-15-10-6-7-11-22(15)17/h6-12,21H,13H2,1-5H3. The van der Waals surface area contributed by atoms with Gasteiger partial charge in [0, 0.05) is 11.7 Å². The third-order valence-corrected chi connectivity index (χ3v) is 4.59. The van der Waals surface area contributed by atoms with Crippen LogP contribution in [0.2, 0.25) is 0 Å². The van der Waals surface area contributed by atoms with Gasteiger partial charge in [-0.15, -0.1) is 11.3 Å². The summed E-state index contributed by atoms with van der Waals surface area (Å²) >= 11 is 1.73. The quantitative estimate of drug-likeness (QED) is 0.667. The number of hydrogen-bond acceptors (Lipinski definition) is 3. The van der Waals surface area contributed by atoms with Gasteiger partial charge in [-0.05, 0) is 49.3 Å². The molecular formula is C19H25N3S. The van der Waals surface area contributed by atoms with Crippen molar-refractivity contribution in [2.75, 3.05) is 5.32 Å². The molecule has 0 saturated heterocycles. The van der Waals surface area contributed by atoms with Crippen LogP contribution < -0.4 is 5.32 Å². The van der Waals surface area contributed by atoms with Gasteiger partial charge in [-0.2, -0.15) is 0 Å². The van der Waals surface area contributed by atoms with Gasteiger partial charge in [0.25, 0.3) is 0 Å². The van der Waals surface area contributed by atoms with Crippen LogP contribution in [-0.2, 0) is 0 Å². The molecule has 0 aliphatic carbocycles. The van der Waals surface area contributed by atoms with E-state index in [4.69, 9.17) is 4.98 Å². The molecule has 3 aromatic heterocycles. The highest BCUT2D eigenvalue weighted by molar-refractivity contribution is 7.13. The van der Waals surface area contributed by atoms with Gasteiger partial charge in [0.2, 0.25) is 0 Å². The van der Waals surface area contributed by atoms with Crippen molar-refractivity contribution in [3.63, 3.8) is 0 Å². The number of anilines is 1. The maximum atomic E-state index is 4.85. The molecule has 4 heteroatoms. The molecule has 3 heterocycles. The Hall–Kier alpha value is -1.81. The Balaban J connectivity index is 2.07. The Morgan fingerprint density at radius 2 is 1.87 bits per heavy atom. The summed E-state index contributed by atoms with van der Waals surface area (Å²) in [6, 6.07) is 10.3. The number of thiophene rings is 1. The van der Waals surface area contributed by atoms with E-state index in [9.17, 15) is 0 Å². The lowest BCUT2D eigenvalue weighted by atomic mass is 9.82. The number of nitrogens with one attached hydrogen (secondary N) is 1. The van der Waals surface area contributed by atoms with Crippen LogP contribution in [0.4, 0.5) is 5.82 Å². The molecule has 1 N–H and O–H groups in total. The van der Waals surface area contributed by atoms with Crippen LogP contribution in [0.5, 0.6) is 0 Å². The van der Waals surface area contributed by atoms with Crippen molar-refractivity contribution in [3.05, 3.63) is 41.9 Å². The van der Waals surface area contributed by atoms with Gasteiger partial charge in [0.1, 0.15) is 17.2 Å². The molecule has 0 unspecified atom stereocenters. The fourth-order valence-corrected chi connectivity index (χ4v) is 4.11. The van der Waals surface area contributed by atoms with Crippen molar-refractivity contribution >= 4 is 22.8 Å². The van der Waals surface area contributed by atoms with E-state index in [1.54, 1.807) is 11.3 Å². The van der Waals surface area contributed by atoms with Gasteiger partial charge in [0.05, 0.1) is 4.88 Å². The first-order valence-electron chi connectivity index (χ1n) is 8.04. The molecule has 0 atom stereocenters. The minimum atomic E-state index is -0.0178. The van der Waals surface area contributed by atoms with Crippen molar-refractivity contribution in [2.24, 2.45) is 5.41 Å². The number of hydrogen-bond donors (Lipinski definition) is 1. The minimum absolute atomic E-state index is 0.0178. The molecule has 0 saturated carbocycles.